The molecule has 0 amide bonds. The Morgan fingerprint density at radius 2 is 2.08 bits per heavy atom. The van der Waals surface area contributed by atoms with E-state index in [1.165, 1.54) is 6.07 Å². The molecule has 24 heavy (non-hydrogen) atoms. The molecule has 0 unspecified atom stereocenters. The third-order valence-corrected chi connectivity index (χ3v) is 4.14. The number of nitrogens with zero attached hydrogens (tertiary/aromatic N) is 5. The highest BCUT2D eigenvalue weighted by atomic mass is 16.5. The molecule has 0 atom stereocenters. The molecule has 4 rings (SSSR count). The lowest BCUT2D eigenvalue weighted by Crippen LogP contribution is -2.37. The van der Waals surface area contributed by atoms with Gasteiger partial charge in [0.25, 0.3) is 0 Å². The second kappa shape index (κ2) is 6.04. The summed E-state index contributed by atoms with van der Waals surface area (Å²) in [6, 6.07) is 3.25. The lowest BCUT2D eigenvalue weighted by atomic mass is 10.2. The average molecular weight is 326 g/mol. The number of nitrogens with one attached hydrogen (secondary N) is 1. The van der Waals surface area contributed by atoms with E-state index in [0.29, 0.717) is 19.2 Å². The van der Waals surface area contributed by atoms with Crippen LogP contribution in [0.2, 0.25) is 0 Å². The molecule has 1 saturated heterocycles. The SMILES string of the molecule is CCn1cnc2c(-c3ccc(=O)[nH]c3)nc(N3CCOCC3)nc21. The fourth-order valence-electron chi connectivity index (χ4n) is 2.83. The maximum atomic E-state index is 11.4. The zero-order chi connectivity index (χ0) is 16.5. The molecule has 0 bridgehead atoms. The highest BCUT2D eigenvalue weighted by molar-refractivity contribution is 5.88. The van der Waals surface area contributed by atoms with Crippen LogP contribution in [-0.4, -0.2) is 50.8 Å². The van der Waals surface area contributed by atoms with E-state index in [0.717, 1.165) is 42.1 Å². The minimum atomic E-state index is -0.142. The summed E-state index contributed by atoms with van der Waals surface area (Å²) >= 11 is 0. The van der Waals surface area contributed by atoms with Crippen LogP contribution in [0.1, 0.15) is 6.92 Å². The first-order valence-corrected chi connectivity index (χ1v) is 8.01. The van der Waals surface area contributed by atoms with Crippen molar-refractivity contribution < 1.29 is 4.74 Å². The molecule has 3 aromatic rings. The molecule has 0 aliphatic carbocycles. The molecule has 8 heteroatoms. The Morgan fingerprint density at radius 1 is 1.25 bits per heavy atom. The summed E-state index contributed by atoms with van der Waals surface area (Å²) in [5, 5.41) is 0. The van der Waals surface area contributed by atoms with Crippen molar-refractivity contribution >= 4 is 17.1 Å². The largest absolute Gasteiger partial charge is 0.378 e. The van der Waals surface area contributed by atoms with E-state index in [2.05, 4.69) is 21.8 Å². The molecule has 1 aliphatic rings. The Kier molecular flexibility index (Phi) is 3.73. The van der Waals surface area contributed by atoms with Crippen LogP contribution in [0.25, 0.3) is 22.4 Å². The van der Waals surface area contributed by atoms with Crippen molar-refractivity contribution in [2.75, 3.05) is 31.2 Å². The van der Waals surface area contributed by atoms with Crippen LogP contribution >= 0.6 is 0 Å². The summed E-state index contributed by atoms with van der Waals surface area (Å²) in [5.41, 5.74) is 2.94. The van der Waals surface area contributed by atoms with Crippen LogP contribution in [0.3, 0.4) is 0 Å². The molecule has 8 nitrogen and oxygen atoms in total. The summed E-state index contributed by atoms with van der Waals surface area (Å²) in [4.78, 5) is 30.1. The summed E-state index contributed by atoms with van der Waals surface area (Å²) in [5.74, 6) is 0.669. The number of ether oxygens (including phenoxy) is 1. The minimum absolute atomic E-state index is 0.142. The van der Waals surface area contributed by atoms with Gasteiger partial charge in [-0.15, -0.1) is 0 Å². The van der Waals surface area contributed by atoms with Gasteiger partial charge in [-0.2, -0.15) is 4.98 Å². The molecule has 1 N–H and O–H groups in total. The van der Waals surface area contributed by atoms with Gasteiger partial charge in [0.1, 0.15) is 11.2 Å². The van der Waals surface area contributed by atoms with Gasteiger partial charge in [-0.05, 0) is 13.0 Å². The molecule has 0 saturated carbocycles. The van der Waals surface area contributed by atoms with Crippen molar-refractivity contribution in [3.05, 3.63) is 35.0 Å². The quantitative estimate of drug-likeness (QED) is 0.773. The van der Waals surface area contributed by atoms with E-state index in [9.17, 15) is 4.79 Å². The zero-order valence-corrected chi connectivity index (χ0v) is 13.4. The van der Waals surface area contributed by atoms with E-state index < -0.39 is 0 Å². The second-order valence-corrected chi connectivity index (χ2v) is 5.62. The van der Waals surface area contributed by atoms with E-state index >= 15 is 0 Å². The summed E-state index contributed by atoms with van der Waals surface area (Å²) in [6.45, 7) is 5.69. The smallest absolute Gasteiger partial charge is 0.247 e. The zero-order valence-electron chi connectivity index (χ0n) is 13.4. The molecule has 1 fully saturated rings. The Balaban J connectivity index is 1.91. The van der Waals surface area contributed by atoms with Gasteiger partial charge in [0.05, 0.1) is 19.5 Å². The number of imidazole rings is 1. The van der Waals surface area contributed by atoms with Gasteiger partial charge in [-0.25, -0.2) is 9.97 Å². The number of morpholine rings is 1. The van der Waals surface area contributed by atoms with Crippen molar-refractivity contribution in [2.24, 2.45) is 0 Å². The standard InChI is InChI=1S/C16H18N6O2/c1-2-21-10-18-14-13(11-3-4-12(23)17-9-11)19-16(20-15(14)21)22-5-7-24-8-6-22/h3-4,9-10H,2,5-8H2,1H3,(H,17,23). The Hall–Kier alpha value is -2.74. The number of hydrogen-bond acceptors (Lipinski definition) is 6. The third kappa shape index (κ3) is 2.54. The van der Waals surface area contributed by atoms with Crippen LogP contribution in [0.4, 0.5) is 5.95 Å². The first kappa shape index (κ1) is 14.8. The fourth-order valence-corrected chi connectivity index (χ4v) is 2.83. The Morgan fingerprint density at radius 3 is 2.79 bits per heavy atom. The third-order valence-electron chi connectivity index (χ3n) is 4.14. The average Bonchev–Trinajstić information content (AvgIpc) is 3.05. The van der Waals surface area contributed by atoms with Crippen LogP contribution in [0.15, 0.2) is 29.5 Å². The van der Waals surface area contributed by atoms with Gasteiger partial charge in [-0.1, -0.05) is 0 Å². The Labute approximate surface area is 138 Å². The van der Waals surface area contributed by atoms with Crippen molar-refractivity contribution in [1.82, 2.24) is 24.5 Å². The maximum absolute atomic E-state index is 11.4. The van der Waals surface area contributed by atoms with Crippen LogP contribution in [-0.2, 0) is 11.3 Å². The molecular formula is C16H18N6O2. The molecule has 0 radical (unpaired) electrons. The summed E-state index contributed by atoms with van der Waals surface area (Å²) in [7, 11) is 0. The first-order chi connectivity index (χ1) is 11.8. The van der Waals surface area contributed by atoms with Gasteiger partial charge in [0.2, 0.25) is 11.5 Å². The molecular weight excluding hydrogens is 308 g/mol. The Bertz CT molecular complexity index is 905. The normalized spacial score (nSPS) is 15.1. The molecule has 0 spiro atoms. The van der Waals surface area contributed by atoms with Crippen molar-refractivity contribution in [1.29, 1.82) is 0 Å². The van der Waals surface area contributed by atoms with E-state index in [1.54, 1.807) is 18.6 Å². The van der Waals surface area contributed by atoms with Crippen LogP contribution in [0.5, 0.6) is 0 Å². The lowest BCUT2D eigenvalue weighted by Gasteiger charge is -2.27. The number of H-pyrrole nitrogens is 1. The number of anilines is 1. The number of aryl methyl sites for hydroxylation is 1. The van der Waals surface area contributed by atoms with E-state index in [1.807, 2.05) is 4.57 Å². The number of fused-ring (bicyclic) bond motifs is 1. The number of aromatic nitrogens is 5. The number of pyridine rings is 1. The van der Waals surface area contributed by atoms with E-state index in [-0.39, 0.29) is 5.56 Å². The molecule has 1 aliphatic heterocycles. The number of hydrogen-bond donors (Lipinski definition) is 1. The van der Waals surface area contributed by atoms with Gasteiger partial charge >= 0.3 is 0 Å². The first-order valence-electron chi connectivity index (χ1n) is 8.01. The number of aromatic amines is 1. The van der Waals surface area contributed by atoms with E-state index in [4.69, 9.17) is 14.7 Å². The highest BCUT2D eigenvalue weighted by Gasteiger charge is 2.19. The maximum Gasteiger partial charge on any atom is 0.247 e. The predicted octanol–water partition coefficient (Wildman–Crippen LogP) is 1.04. The predicted molar refractivity (Wildman–Crippen MR) is 90.1 cm³/mol. The van der Waals surface area contributed by atoms with Gasteiger partial charge in [-0.3, -0.25) is 4.79 Å². The summed E-state index contributed by atoms with van der Waals surface area (Å²) < 4.78 is 7.41. The van der Waals surface area contributed by atoms with Crippen molar-refractivity contribution in [3.8, 4) is 11.3 Å². The van der Waals surface area contributed by atoms with Gasteiger partial charge in [0.15, 0.2) is 5.65 Å². The number of rotatable bonds is 3. The summed E-state index contributed by atoms with van der Waals surface area (Å²) in [6.07, 6.45) is 3.44. The van der Waals surface area contributed by atoms with Crippen LogP contribution < -0.4 is 10.5 Å². The highest BCUT2D eigenvalue weighted by Crippen LogP contribution is 2.26. The lowest BCUT2D eigenvalue weighted by molar-refractivity contribution is 0.122. The molecule has 124 valence electrons. The molecule has 4 heterocycles. The van der Waals surface area contributed by atoms with Crippen LogP contribution in [0, 0.1) is 0 Å². The molecule has 3 aromatic heterocycles. The van der Waals surface area contributed by atoms with Gasteiger partial charge < -0.3 is 19.2 Å². The van der Waals surface area contributed by atoms with Crippen molar-refractivity contribution in [2.45, 2.75) is 13.5 Å². The topological polar surface area (TPSA) is 88.9 Å². The minimum Gasteiger partial charge on any atom is -0.378 e. The molecule has 0 aromatic carbocycles. The second-order valence-electron chi connectivity index (χ2n) is 5.62. The fraction of sp³-hybridized carbons (Fsp3) is 0.375. The monoisotopic (exact) mass is 326 g/mol. The van der Waals surface area contributed by atoms with Crippen molar-refractivity contribution in [3.63, 3.8) is 0 Å². The van der Waals surface area contributed by atoms with Gasteiger partial charge in [0, 0.05) is 37.5 Å².